The second-order valence-electron chi connectivity index (χ2n) is 9.72. The molecule has 0 saturated carbocycles. The minimum Gasteiger partial charge on any atom is -0.357 e. The number of anilines is 1. The Morgan fingerprint density at radius 2 is 1.50 bits per heavy atom. The van der Waals surface area contributed by atoms with Crippen LogP contribution in [0.4, 0.5) is 5.69 Å². The molecule has 0 unspecified atom stereocenters. The third-order valence-corrected chi connectivity index (χ3v) is 9.36. The van der Waals surface area contributed by atoms with Gasteiger partial charge in [-0.2, -0.15) is 0 Å². The minimum absolute atomic E-state index is 0.0405. The lowest BCUT2D eigenvalue weighted by molar-refractivity contribution is -0.139. The van der Waals surface area contributed by atoms with Gasteiger partial charge in [0.05, 0.1) is 10.6 Å². The highest BCUT2D eigenvalue weighted by atomic mass is 79.9. The van der Waals surface area contributed by atoms with E-state index in [4.69, 9.17) is 11.6 Å². The number of carbonyl (C=O) groups excluding carboxylic acids is 2. The summed E-state index contributed by atoms with van der Waals surface area (Å²) in [4.78, 5) is 29.1. The lowest BCUT2D eigenvalue weighted by Gasteiger charge is -2.34. The first-order valence-corrected chi connectivity index (χ1v) is 15.8. The topological polar surface area (TPSA) is 86.8 Å². The molecule has 0 aliphatic heterocycles. The number of nitrogens with one attached hydrogen (secondary N) is 1. The molecule has 4 aromatic rings. The van der Waals surface area contributed by atoms with Gasteiger partial charge in [-0.25, -0.2) is 8.42 Å². The minimum atomic E-state index is -4.17. The van der Waals surface area contributed by atoms with E-state index < -0.39 is 28.5 Å². The van der Waals surface area contributed by atoms with Crippen LogP contribution in [0, 0.1) is 6.92 Å². The van der Waals surface area contributed by atoms with Crippen LogP contribution in [0.2, 0.25) is 5.02 Å². The first kappa shape index (κ1) is 31.3. The van der Waals surface area contributed by atoms with Gasteiger partial charge in [0, 0.05) is 29.5 Å². The van der Waals surface area contributed by atoms with Gasteiger partial charge in [-0.05, 0) is 66.1 Å². The van der Waals surface area contributed by atoms with Crippen molar-refractivity contribution in [3.8, 4) is 0 Å². The number of hydrogen-bond acceptors (Lipinski definition) is 4. The van der Waals surface area contributed by atoms with Crippen LogP contribution < -0.4 is 9.62 Å². The maximum absolute atomic E-state index is 14.3. The van der Waals surface area contributed by atoms with Crippen LogP contribution in [0.15, 0.2) is 112 Å². The van der Waals surface area contributed by atoms with Crippen molar-refractivity contribution in [2.45, 2.75) is 30.8 Å². The predicted octanol–water partition coefficient (Wildman–Crippen LogP) is 5.99. The van der Waals surface area contributed by atoms with Crippen LogP contribution in [0.1, 0.15) is 16.7 Å². The third kappa shape index (κ3) is 7.59. The van der Waals surface area contributed by atoms with Crippen molar-refractivity contribution in [1.82, 2.24) is 10.2 Å². The van der Waals surface area contributed by atoms with Crippen molar-refractivity contribution < 1.29 is 18.0 Å². The Hall–Kier alpha value is -3.66. The Labute approximate surface area is 260 Å². The average Bonchev–Trinajstić information content (AvgIpc) is 2.99. The average molecular weight is 669 g/mol. The summed E-state index contributed by atoms with van der Waals surface area (Å²) in [7, 11) is -2.65. The molecule has 4 rings (SSSR count). The van der Waals surface area contributed by atoms with E-state index in [0.717, 1.165) is 19.9 Å². The number of rotatable bonds is 11. The number of amides is 2. The van der Waals surface area contributed by atoms with Gasteiger partial charge in [0.25, 0.3) is 10.0 Å². The Balaban J connectivity index is 1.80. The van der Waals surface area contributed by atoms with Crippen molar-refractivity contribution in [2.75, 3.05) is 17.9 Å². The molecule has 0 aromatic heterocycles. The van der Waals surface area contributed by atoms with Gasteiger partial charge >= 0.3 is 0 Å². The number of aryl methyl sites for hydroxylation is 1. The van der Waals surface area contributed by atoms with E-state index >= 15 is 0 Å². The van der Waals surface area contributed by atoms with Crippen LogP contribution in [0.3, 0.4) is 0 Å². The normalized spacial score (nSPS) is 11.9. The van der Waals surface area contributed by atoms with Crippen LogP contribution >= 0.6 is 27.5 Å². The van der Waals surface area contributed by atoms with E-state index in [0.29, 0.717) is 16.3 Å². The maximum Gasteiger partial charge on any atom is 0.264 e. The number of likely N-dealkylation sites (N-methyl/N-ethyl adjacent to an activating group) is 1. The van der Waals surface area contributed by atoms with Crippen molar-refractivity contribution in [3.63, 3.8) is 0 Å². The van der Waals surface area contributed by atoms with Crippen LogP contribution in [-0.2, 0) is 32.6 Å². The van der Waals surface area contributed by atoms with Gasteiger partial charge in [-0.3, -0.25) is 13.9 Å². The van der Waals surface area contributed by atoms with Gasteiger partial charge in [-0.1, -0.05) is 88.2 Å². The molecule has 0 radical (unpaired) electrons. The number of carbonyl (C=O) groups is 2. The van der Waals surface area contributed by atoms with Crippen LogP contribution in [0.25, 0.3) is 0 Å². The van der Waals surface area contributed by atoms with E-state index in [1.807, 2.05) is 54.6 Å². The van der Waals surface area contributed by atoms with E-state index in [9.17, 15) is 18.0 Å². The molecule has 4 aromatic carbocycles. The summed E-state index contributed by atoms with van der Waals surface area (Å²) in [6.07, 6.45) is 0.244. The molecule has 0 fully saturated rings. The Morgan fingerprint density at radius 1 is 0.881 bits per heavy atom. The van der Waals surface area contributed by atoms with Crippen molar-refractivity contribution in [3.05, 3.63) is 129 Å². The molecule has 0 aliphatic carbocycles. The lowest BCUT2D eigenvalue weighted by Crippen LogP contribution is -2.53. The SMILES string of the molecule is CNC(=O)[C@H](Cc1ccccc1)N(Cc1ccc(Br)cc1)C(=O)CN(c1ccc(Cl)cc1C)S(=O)(=O)c1ccccc1. The molecule has 1 N–H and O–H groups in total. The highest BCUT2D eigenvalue weighted by Crippen LogP contribution is 2.29. The molecule has 0 aliphatic rings. The highest BCUT2D eigenvalue weighted by Gasteiger charge is 2.34. The lowest BCUT2D eigenvalue weighted by atomic mass is 10.0. The number of benzene rings is 4. The smallest absolute Gasteiger partial charge is 0.264 e. The third-order valence-electron chi connectivity index (χ3n) is 6.82. The fraction of sp³-hybridized carbons (Fsp3) is 0.188. The van der Waals surface area contributed by atoms with Crippen LogP contribution in [0.5, 0.6) is 0 Å². The fourth-order valence-electron chi connectivity index (χ4n) is 4.64. The molecular weight excluding hydrogens is 638 g/mol. The Bertz CT molecular complexity index is 1640. The second kappa shape index (κ2) is 14.0. The summed E-state index contributed by atoms with van der Waals surface area (Å²) in [5.74, 6) is -0.888. The Kier molecular flexibility index (Phi) is 10.4. The predicted molar refractivity (Wildman–Crippen MR) is 170 cm³/mol. The number of halogens is 2. The number of sulfonamides is 1. The van der Waals surface area contributed by atoms with Gasteiger partial charge in [0.2, 0.25) is 11.8 Å². The molecule has 0 spiro atoms. The van der Waals surface area contributed by atoms with E-state index in [-0.39, 0.29) is 23.8 Å². The summed E-state index contributed by atoms with van der Waals surface area (Å²) in [6.45, 7) is 1.30. The van der Waals surface area contributed by atoms with E-state index in [1.165, 1.54) is 24.1 Å². The zero-order valence-corrected chi connectivity index (χ0v) is 26.4. The fourth-order valence-corrected chi connectivity index (χ4v) is 6.63. The molecule has 7 nitrogen and oxygen atoms in total. The summed E-state index contributed by atoms with van der Waals surface area (Å²) < 4.78 is 30.0. The van der Waals surface area contributed by atoms with Gasteiger partial charge in [0.1, 0.15) is 12.6 Å². The van der Waals surface area contributed by atoms with Crippen molar-refractivity contribution in [1.29, 1.82) is 0 Å². The quantitative estimate of drug-likeness (QED) is 0.213. The Morgan fingerprint density at radius 3 is 2.10 bits per heavy atom. The molecule has 42 heavy (non-hydrogen) atoms. The molecule has 218 valence electrons. The zero-order chi connectivity index (χ0) is 30.3. The largest absolute Gasteiger partial charge is 0.357 e. The second-order valence-corrected chi connectivity index (χ2v) is 12.9. The van der Waals surface area contributed by atoms with Crippen molar-refractivity contribution in [2.24, 2.45) is 0 Å². The molecule has 10 heteroatoms. The summed E-state index contributed by atoms with van der Waals surface area (Å²) in [5.41, 5.74) is 2.55. The van der Waals surface area contributed by atoms with E-state index in [2.05, 4.69) is 21.2 Å². The molecule has 0 bridgehead atoms. The molecule has 1 atom stereocenters. The first-order chi connectivity index (χ1) is 20.1. The summed E-state index contributed by atoms with van der Waals surface area (Å²) in [5, 5.41) is 3.13. The summed E-state index contributed by atoms with van der Waals surface area (Å²) in [6, 6.07) is 28.7. The molecule has 0 saturated heterocycles. The standard InChI is InChI=1S/C32H31BrClN3O4S/c1-23-19-27(34)17-18-29(23)37(42(40,41)28-11-7-4-8-12-28)22-31(38)36(21-25-13-15-26(33)16-14-25)30(32(39)35-2)20-24-9-5-3-6-10-24/h3-19,30H,20-22H2,1-2H3,(H,35,39)/t30-/m0/s1. The van der Waals surface area contributed by atoms with E-state index in [1.54, 1.807) is 43.3 Å². The highest BCUT2D eigenvalue weighted by molar-refractivity contribution is 9.10. The first-order valence-electron chi connectivity index (χ1n) is 13.2. The number of hydrogen-bond donors (Lipinski definition) is 1. The van der Waals surface area contributed by atoms with Gasteiger partial charge in [0.15, 0.2) is 0 Å². The molecule has 0 heterocycles. The summed E-state index contributed by atoms with van der Waals surface area (Å²) >= 11 is 9.62. The van der Waals surface area contributed by atoms with Crippen molar-refractivity contribution >= 4 is 55.1 Å². The zero-order valence-electron chi connectivity index (χ0n) is 23.2. The maximum atomic E-state index is 14.3. The van der Waals surface area contributed by atoms with Gasteiger partial charge in [-0.15, -0.1) is 0 Å². The molecular formula is C32H31BrClN3O4S. The monoisotopic (exact) mass is 667 g/mol. The van der Waals surface area contributed by atoms with Gasteiger partial charge < -0.3 is 10.2 Å². The molecule has 2 amide bonds. The number of nitrogens with zero attached hydrogens (tertiary/aromatic N) is 2. The van der Waals surface area contributed by atoms with Crippen LogP contribution in [-0.4, -0.2) is 44.8 Å².